The fourth-order valence-electron chi connectivity index (χ4n) is 2.59. The Balaban J connectivity index is 2.41. The van der Waals surface area contributed by atoms with E-state index in [1.165, 1.54) is 0 Å². The Hall–Kier alpha value is -2.46. The van der Waals surface area contributed by atoms with E-state index in [9.17, 15) is 4.79 Å². The minimum absolute atomic E-state index is 0.0175. The first-order chi connectivity index (χ1) is 12.5. The van der Waals surface area contributed by atoms with Gasteiger partial charge >= 0.3 is 5.97 Å². The van der Waals surface area contributed by atoms with Crippen molar-refractivity contribution in [1.29, 1.82) is 0 Å². The molecule has 0 unspecified atom stereocenters. The molecule has 0 spiro atoms. The molecule has 0 aliphatic rings. The lowest BCUT2D eigenvalue weighted by Crippen LogP contribution is -1.98. The zero-order valence-corrected chi connectivity index (χ0v) is 15.8. The Labute approximate surface area is 159 Å². The van der Waals surface area contributed by atoms with Gasteiger partial charge in [-0.25, -0.2) is 0 Å². The summed E-state index contributed by atoms with van der Waals surface area (Å²) in [6, 6.07) is 15.3. The van der Waals surface area contributed by atoms with Gasteiger partial charge in [0.05, 0.1) is 19.6 Å². The topological polar surface area (TPSA) is 55.8 Å². The van der Waals surface area contributed by atoms with Gasteiger partial charge in [-0.05, 0) is 55.7 Å². The number of carbonyl (C=O) groups is 1. The lowest BCUT2D eigenvalue weighted by Gasteiger charge is -2.13. The Morgan fingerprint density at radius 3 is 1.62 bits per heavy atom. The number of hydrogen-bond donors (Lipinski definition) is 1. The van der Waals surface area contributed by atoms with Gasteiger partial charge in [-0.1, -0.05) is 35.9 Å². The summed E-state index contributed by atoms with van der Waals surface area (Å²) >= 11 is 6.52. The molecule has 2 aromatic rings. The largest absolute Gasteiger partial charge is 0.494 e. The van der Waals surface area contributed by atoms with Crippen LogP contribution in [0, 0.1) is 0 Å². The molecular weight excluding hydrogens is 352 g/mol. The van der Waals surface area contributed by atoms with Crippen molar-refractivity contribution in [3.63, 3.8) is 0 Å². The van der Waals surface area contributed by atoms with Crippen LogP contribution in [0.25, 0.3) is 5.57 Å². The minimum atomic E-state index is -0.874. The van der Waals surface area contributed by atoms with Gasteiger partial charge < -0.3 is 14.6 Å². The van der Waals surface area contributed by atoms with Crippen molar-refractivity contribution in [3.8, 4) is 11.5 Å². The van der Waals surface area contributed by atoms with E-state index < -0.39 is 5.97 Å². The number of halogens is 1. The van der Waals surface area contributed by atoms with Crippen LogP contribution in [0.4, 0.5) is 0 Å². The smallest absolute Gasteiger partial charge is 0.303 e. The van der Waals surface area contributed by atoms with Gasteiger partial charge in [-0.15, -0.1) is 0 Å². The SMILES string of the molecule is CCOc1ccc(C(=C(Cl)CCC(=O)O)c2ccc(OCC)cc2)cc1. The molecule has 0 radical (unpaired) electrons. The highest BCUT2D eigenvalue weighted by molar-refractivity contribution is 6.33. The summed E-state index contributed by atoms with van der Waals surface area (Å²) in [5.41, 5.74) is 2.64. The lowest BCUT2D eigenvalue weighted by atomic mass is 9.96. The quantitative estimate of drug-likeness (QED) is 0.643. The van der Waals surface area contributed by atoms with Crippen LogP contribution in [0.3, 0.4) is 0 Å². The highest BCUT2D eigenvalue weighted by Crippen LogP contribution is 2.33. The molecule has 0 fully saturated rings. The molecule has 0 aliphatic heterocycles. The lowest BCUT2D eigenvalue weighted by molar-refractivity contribution is -0.136. The van der Waals surface area contributed by atoms with Crippen LogP contribution in [0.15, 0.2) is 53.6 Å². The Morgan fingerprint density at radius 2 is 1.27 bits per heavy atom. The van der Waals surface area contributed by atoms with E-state index >= 15 is 0 Å². The van der Waals surface area contributed by atoms with Crippen molar-refractivity contribution in [3.05, 3.63) is 64.7 Å². The van der Waals surface area contributed by atoms with Crippen molar-refractivity contribution >= 4 is 23.1 Å². The molecule has 2 aromatic carbocycles. The maximum atomic E-state index is 10.9. The zero-order chi connectivity index (χ0) is 18.9. The first-order valence-corrected chi connectivity index (χ1v) is 8.99. The molecule has 138 valence electrons. The van der Waals surface area contributed by atoms with Crippen LogP contribution < -0.4 is 9.47 Å². The van der Waals surface area contributed by atoms with Crippen molar-refractivity contribution < 1.29 is 19.4 Å². The normalized spacial score (nSPS) is 10.3. The summed E-state index contributed by atoms with van der Waals surface area (Å²) in [5.74, 6) is 0.689. The van der Waals surface area contributed by atoms with Crippen LogP contribution >= 0.6 is 11.6 Å². The summed E-state index contributed by atoms with van der Waals surface area (Å²) in [6.07, 6.45) is 0.253. The second-order valence-electron chi connectivity index (χ2n) is 5.59. The Morgan fingerprint density at radius 1 is 0.846 bits per heavy atom. The molecule has 0 bridgehead atoms. The molecule has 4 nitrogen and oxygen atoms in total. The number of allylic oxidation sites excluding steroid dienone is 1. The predicted octanol–water partition coefficient (Wildman–Crippen LogP) is 5.35. The van der Waals surface area contributed by atoms with E-state index in [2.05, 4.69) is 0 Å². The second-order valence-corrected chi connectivity index (χ2v) is 6.04. The number of carboxylic acid groups (broad SMARTS) is 1. The molecule has 0 aliphatic carbocycles. The summed E-state index contributed by atoms with van der Waals surface area (Å²) < 4.78 is 11.0. The zero-order valence-electron chi connectivity index (χ0n) is 15.0. The third-order valence-electron chi connectivity index (χ3n) is 3.74. The number of carboxylic acids is 1. The van der Waals surface area contributed by atoms with Crippen molar-refractivity contribution in [1.82, 2.24) is 0 Å². The molecule has 0 heterocycles. The van der Waals surface area contributed by atoms with Crippen molar-refractivity contribution in [2.75, 3.05) is 13.2 Å². The van der Waals surface area contributed by atoms with E-state index in [1.807, 2.05) is 62.4 Å². The monoisotopic (exact) mass is 374 g/mol. The molecule has 0 saturated heterocycles. The van der Waals surface area contributed by atoms with Crippen LogP contribution in [0.1, 0.15) is 37.8 Å². The number of benzene rings is 2. The molecule has 2 rings (SSSR count). The van der Waals surface area contributed by atoms with Crippen LogP contribution in [-0.2, 0) is 4.79 Å². The minimum Gasteiger partial charge on any atom is -0.494 e. The molecule has 0 amide bonds. The van der Waals surface area contributed by atoms with E-state index in [4.69, 9.17) is 26.2 Å². The number of aliphatic carboxylic acids is 1. The molecular formula is C21H23ClO4. The molecule has 0 atom stereocenters. The fourth-order valence-corrected chi connectivity index (χ4v) is 2.90. The van der Waals surface area contributed by atoms with Crippen LogP contribution in [0.5, 0.6) is 11.5 Å². The van der Waals surface area contributed by atoms with Crippen molar-refractivity contribution in [2.45, 2.75) is 26.7 Å². The molecule has 0 aromatic heterocycles. The summed E-state index contributed by atoms with van der Waals surface area (Å²) in [7, 11) is 0. The van der Waals surface area contributed by atoms with Crippen LogP contribution in [0.2, 0.25) is 0 Å². The van der Waals surface area contributed by atoms with E-state index in [-0.39, 0.29) is 12.8 Å². The van der Waals surface area contributed by atoms with E-state index in [0.29, 0.717) is 18.2 Å². The van der Waals surface area contributed by atoms with Gasteiger partial charge in [0.15, 0.2) is 0 Å². The predicted molar refractivity (Wildman–Crippen MR) is 104 cm³/mol. The number of rotatable bonds is 9. The summed E-state index contributed by atoms with van der Waals surface area (Å²) in [6.45, 7) is 5.06. The van der Waals surface area contributed by atoms with Gasteiger partial charge in [-0.2, -0.15) is 0 Å². The number of hydrogen-bond acceptors (Lipinski definition) is 3. The van der Waals surface area contributed by atoms with Gasteiger partial charge in [0.1, 0.15) is 11.5 Å². The maximum Gasteiger partial charge on any atom is 0.303 e. The Bertz CT molecular complexity index is 697. The molecule has 5 heteroatoms. The second kappa shape index (κ2) is 9.88. The average molecular weight is 375 g/mol. The van der Waals surface area contributed by atoms with Crippen molar-refractivity contribution in [2.24, 2.45) is 0 Å². The third kappa shape index (κ3) is 5.53. The number of ether oxygens (including phenoxy) is 2. The highest BCUT2D eigenvalue weighted by Gasteiger charge is 2.13. The van der Waals surface area contributed by atoms with E-state index in [0.717, 1.165) is 28.2 Å². The van der Waals surface area contributed by atoms with Gasteiger partial charge in [0.2, 0.25) is 0 Å². The molecule has 0 saturated carbocycles. The fraction of sp³-hybridized carbons (Fsp3) is 0.286. The Kier molecular flexibility index (Phi) is 7.54. The summed E-state index contributed by atoms with van der Waals surface area (Å²) in [4.78, 5) is 10.9. The first kappa shape index (κ1) is 19.9. The van der Waals surface area contributed by atoms with E-state index in [1.54, 1.807) is 0 Å². The van der Waals surface area contributed by atoms with Gasteiger partial charge in [0, 0.05) is 10.6 Å². The average Bonchev–Trinajstić information content (AvgIpc) is 2.63. The standard InChI is InChI=1S/C21H23ClO4/c1-3-25-17-9-5-15(6-10-17)21(19(22)13-14-20(23)24)16-7-11-18(12-8-16)26-4-2/h5-12H,3-4,13-14H2,1-2H3,(H,23,24). The maximum absolute atomic E-state index is 10.9. The molecule has 26 heavy (non-hydrogen) atoms. The highest BCUT2D eigenvalue weighted by atomic mass is 35.5. The van der Waals surface area contributed by atoms with Gasteiger partial charge in [-0.3, -0.25) is 4.79 Å². The summed E-state index contributed by atoms with van der Waals surface area (Å²) in [5, 5.41) is 9.48. The third-order valence-corrected chi connectivity index (χ3v) is 4.12. The first-order valence-electron chi connectivity index (χ1n) is 8.62. The molecule has 1 N–H and O–H groups in total. The van der Waals surface area contributed by atoms with Gasteiger partial charge in [0.25, 0.3) is 0 Å². The van der Waals surface area contributed by atoms with Crippen LogP contribution in [-0.4, -0.2) is 24.3 Å².